The Morgan fingerprint density at radius 3 is 2.46 bits per heavy atom. The molecule has 0 radical (unpaired) electrons. The highest BCUT2D eigenvalue weighted by atomic mass is 79.9. The monoisotopic (exact) mass is 262 g/mol. The highest BCUT2D eigenvalue weighted by molar-refractivity contribution is 9.10. The standard InChI is InChI=1S/C9H8BrClO2/c1-4-6(10)3-7(11)5(2)8(4)9(12)13/h3H,1-2H3,(H,12,13). The van der Waals surface area contributed by atoms with Gasteiger partial charge in [-0.2, -0.15) is 0 Å². The van der Waals surface area contributed by atoms with Crippen LogP contribution in [-0.4, -0.2) is 11.1 Å². The average Bonchev–Trinajstić information content (AvgIpc) is 2.01. The first-order valence-electron chi connectivity index (χ1n) is 3.63. The normalized spacial score (nSPS) is 10.2. The van der Waals surface area contributed by atoms with Crippen LogP contribution in [0.15, 0.2) is 10.5 Å². The van der Waals surface area contributed by atoms with Crippen LogP contribution in [0.1, 0.15) is 21.5 Å². The van der Waals surface area contributed by atoms with Crippen LogP contribution in [0.3, 0.4) is 0 Å². The Morgan fingerprint density at radius 1 is 1.46 bits per heavy atom. The molecule has 1 aromatic rings. The van der Waals surface area contributed by atoms with Crippen molar-refractivity contribution in [1.82, 2.24) is 0 Å². The number of halogens is 2. The van der Waals surface area contributed by atoms with Gasteiger partial charge in [-0.15, -0.1) is 0 Å². The smallest absolute Gasteiger partial charge is 0.336 e. The highest BCUT2D eigenvalue weighted by Crippen LogP contribution is 2.29. The molecule has 0 unspecified atom stereocenters. The Kier molecular flexibility index (Phi) is 2.98. The lowest BCUT2D eigenvalue weighted by atomic mass is 10.0. The molecule has 13 heavy (non-hydrogen) atoms. The molecule has 0 atom stereocenters. The lowest BCUT2D eigenvalue weighted by Gasteiger charge is -2.08. The van der Waals surface area contributed by atoms with Crippen LogP contribution in [-0.2, 0) is 0 Å². The van der Waals surface area contributed by atoms with Crippen LogP contribution in [0.2, 0.25) is 5.02 Å². The summed E-state index contributed by atoms with van der Waals surface area (Å²) in [7, 11) is 0. The van der Waals surface area contributed by atoms with Gasteiger partial charge in [0.05, 0.1) is 5.56 Å². The first-order valence-corrected chi connectivity index (χ1v) is 4.80. The number of aromatic carboxylic acids is 1. The molecule has 2 nitrogen and oxygen atoms in total. The number of hydrogen-bond acceptors (Lipinski definition) is 1. The van der Waals surface area contributed by atoms with Crippen LogP contribution in [0.5, 0.6) is 0 Å². The zero-order valence-corrected chi connectivity index (χ0v) is 9.53. The maximum Gasteiger partial charge on any atom is 0.336 e. The van der Waals surface area contributed by atoms with Crippen molar-refractivity contribution in [1.29, 1.82) is 0 Å². The zero-order chi connectivity index (χ0) is 10.2. The Hall–Kier alpha value is -0.540. The van der Waals surface area contributed by atoms with Gasteiger partial charge < -0.3 is 5.11 Å². The van der Waals surface area contributed by atoms with Crippen LogP contribution < -0.4 is 0 Å². The number of benzene rings is 1. The van der Waals surface area contributed by atoms with Gasteiger partial charge in [0.1, 0.15) is 0 Å². The average molecular weight is 264 g/mol. The van der Waals surface area contributed by atoms with Gasteiger partial charge in [0.2, 0.25) is 0 Å². The van der Waals surface area contributed by atoms with Crippen molar-refractivity contribution in [2.24, 2.45) is 0 Å². The summed E-state index contributed by atoms with van der Waals surface area (Å²) >= 11 is 9.09. The molecule has 0 aliphatic carbocycles. The number of hydrogen-bond donors (Lipinski definition) is 1. The van der Waals surface area contributed by atoms with E-state index in [1.165, 1.54) is 0 Å². The Labute approximate surface area is 89.7 Å². The molecular weight excluding hydrogens is 255 g/mol. The third-order valence-corrected chi connectivity index (χ3v) is 3.15. The largest absolute Gasteiger partial charge is 0.478 e. The van der Waals surface area contributed by atoms with Gasteiger partial charge in [0, 0.05) is 9.50 Å². The van der Waals surface area contributed by atoms with Gasteiger partial charge in [-0.3, -0.25) is 0 Å². The van der Waals surface area contributed by atoms with Gasteiger partial charge in [0.15, 0.2) is 0 Å². The van der Waals surface area contributed by atoms with E-state index in [2.05, 4.69) is 15.9 Å². The maximum absolute atomic E-state index is 10.9. The summed E-state index contributed by atoms with van der Waals surface area (Å²) in [4.78, 5) is 10.9. The van der Waals surface area contributed by atoms with Gasteiger partial charge in [-0.25, -0.2) is 4.79 Å². The van der Waals surface area contributed by atoms with E-state index in [0.29, 0.717) is 16.1 Å². The van der Waals surface area contributed by atoms with Crippen molar-refractivity contribution in [3.63, 3.8) is 0 Å². The minimum Gasteiger partial charge on any atom is -0.478 e. The first kappa shape index (κ1) is 10.5. The van der Waals surface area contributed by atoms with Crippen LogP contribution in [0.25, 0.3) is 0 Å². The molecule has 0 heterocycles. The summed E-state index contributed by atoms with van der Waals surface area (Å²) in [6, 6.07) is 1.71. The molecule has 0 amide bonds. The molecule has 0 fully saturated rings. The number of carboxylic acids is 1. The van der Waals surface area contributed by atoms with Gasteiger partial charge in [0.25, 0.3) is 0 Å². The van der Waals surface area contributed by atoms with Gasteiger partial charge in [-0.05, 0) is 31.0 Å². The summed E-state index contributed by atoms with van der Waals surface area (Å²) in [6.45, 7) is 3.45. The fourth-order valence-electron chi connectivity index (χ4n) is 1.17. The van der Waals surface area contributed by atoms with Crippen molar-refractivity contribution in [2.45, 2.75) is 13.8 Å². The van der Waals surface area contributed by atoms with E-state index in [9.17, 15) is 4.79 Å². The molecule has 0 spiro atoms. The van der Waals surface area contributed by atoms with E-state index in [1.54, 1.807) is 19.9 Å². The maximum atomic E-state index is 10.9. The van der Waals surface area contributed by atoms with E-state index in [1.807, 2.05) is 0 Å². The second-order valence-electron chi connectivity index (χ2n) is 2.77. The van der Waals surface area contributed by atoms with E-state index < -0.39 is 5.97 Å². The summed E-state index contributed by atoms with van der Waals surface area (Å²) in [5, 5.41) is 9.38. The lowest BCUT2D eigenvalue weighted by Crippen LogP contribution is -2.04. The van der Waals surface area contributed by atoms with Crippen LogP contribution in [0.4, 0.5) is 0 Å². The van der Waals surface area contributed by atoms with Gasteiger partial charge in [-0.1, -0.05) is 27.5 Å². The lowest BCUT2D eigenvalue weighted by molar-refractivity contribution is 0.0695. The summed E-state index contributed by atoms with van der Waals surface area (Å²) in [5.74, 6) is -0.946. The van der Waals surface area contributed by atoms with Gasteiger partial charge >= 0.3 is 5.97 Å². The molecule has 0 saturated heterocycles. The van der Waals surface area contributed by atoms with E-state index in [0.717, 1.165) is 4.47 Å². The van der Waals surface area contributed by atoms with E-state index in [-0.39, 0.29) is 5.56 Å². The minimum atomic E-state index is -0.946. The minimum absolute atomic E-state index is 0.277. The molecule has 0 saturated carbocycles. The van der Waals surface area contributed by atoms with Crippen LogP contribution >= 0.6 is 27.5 Å². The first-order chi connectivity index (χ1) is 5.95. The van der Waals surface area contributed by atoms with Crippen LogP contribution in [0, 0.1) is 13.8 Å². The fraction of sp³-hybridized carbons (Fsp3) is 0.222. The molecule has 0 aromatic heterocycles. The molecule has 1 aromatic carbocycles. The molecule has 1 rings (SSSR count). The van der Waals surface area contributed by atoms with E-state index >= 15 is 0 Å². The third-order valence-electron chi connectivity index (χ3n) is 1.93. The predicted octanol–water partition coefficient (Wildman–Crippen LogP) is 3.42. The molecule has 0 aliphatic heterocycles. The number of carbonyl (C=O) groups is 1. The quantitative estimate of drug-likeness (QED) is 0.843. The summed E-state index contributed by atoms with van der Waals surface area (Å²) < 4.78 is 0.723. The van der Waals surface area contributed by atoms with Crippen molar-refractivity contribution in [3.05, 3.63) is 32.3 Å². The molecule has 0 bridgehead atoms. The Morgan fingerprint density at radius 2 is 2.00 bits per heavy atom. The SMILES string of the molecule is Cc1c(Cl)cc(Br)c(C)c1C(=O)O. The van der Waals surface area contributed by atoms with Crippen molar-refractivity contribution in [3.8, 4) is 0 Å². The molecule has 70 valence electrons. The Balaban J connectivity index is 3.56. The summed E-state index contributed by atoms with van der Waals surface area (Å²) in [6.07, 6.45) is 0. The molecule has 4 heteroatoms. The second kappa shape index (κ2) is 3.68. The predicted molar refractivity (Wildman–Crippen MR) is 55.6 cm³/mol. The number of rotatable bonds is 1. The second-order valence-corrected chi connectivity index (χ2v) is 4.03. The molecule has 1 N–H and O–H groups in total. The molecule has 0 aliphatic rings. The summed E-state index contributed by atoms with van der Waals surface area (Å²) in [5.41, 5.74) is 1.59. The van der Waals surface area contributed by atoms with E-state index in [4.69, 9.17) is 16.7 Å². The fourth-order valence-corrected chi connectivity index (χ4v) is 1.93. The number of carboxylic acid groups (broad SMARTS) is 1. The topological polar surface area (TPSA) is 37.3 Å². The highest BCUT2D eigenvalue weighted by Gasteiger charge is 2.15. The van der Waals surface area contributed by atoms with Crippen molar-refractivity contribution < 1.29 is 9.90 Å². The van der Waals surface area contributed by atoms with Crippen molar-refractivity contribution >= 4 is 33.5 Å². The Bertz CT molecular complexity index is 348. The zero-order valence-electron chi connectivity index (χ0n) is 7.19. The molecular formula is C9H8BrClO2. The third kappa shape index (κ3) is 1.86. The van der Waals surface area contributed by atoms with Crippen molar-refractivity contribution in [2.75, 3.05) is 0 Å².